The van der Waals surface area contributed by atoms with Crippen LogP contribution in [0, 0.1) is 0 Å². The van der Waals surface area contributed by atoms with E-state index in [1.165, 1.54) is 0 Å². The van der Waals surface area contributed by atoms with Crippen LogP contribution in [0.4, 0.5) is 0 Å². The summed E-state index contributed by atoms with van der Waals surface area (Å²) in [5, 5.41) is 3.36. The van der Waals surface area contributed by atoms with Crippen molar-refractivity contribution in [2.75, 3.05) is 39.3 Å². The van der Waals surface area contributed by atoms with Gasteiger partial charge < -0.3 is 15.0 Å². The summed E-state index contributed by atoms with van der Waals surface area (Å²) in [4.78, 5) is 2.61. The SMILES string of the molecule is CCCCCCOS(=O)(=O)c1ccc(OC(C)(C)CCN2CCNCC2)cc1. The molecule has 1 fully saturated rings. The van der Waals surface area contributed by atoms with Gasteiger partial charge in [-0.2, -0.15) is 8.42 Å². The Kier molecular flexibility index (Phi) is 9.21. The van der Waals surface area contributed by atoms with Crippen molar-refractivity contribution in [3.05, 3.63) is 24.3 Å². The average molecular weight is 413 g/mol. The number of nitrogens with one attached hydrogen (secondary N) is 1. The van der Waals surface area contributed by atoms with Crippen molar-refractivity contribution in [3.8, 4) is 5.75 Å². The van der Waals surface area contributed by atoms with Crippen LogP contribution in [0.3, 0.4) is 0 Å². The van der Waals surface area contributed by atoms with E-state index in [0.717, 1.165) is 64.8 Å². The Labute approximate surface area is 170 Å². The molecule has 0 atom stereocenters. The molecule has 0 amide bonds. The Bertz CT molecular complexity index is 668. The van der Waals surface area contributed by atoms with Gasteiger partial charge in [0.15, 0.2) is 0 Å². The number of unbranched alkanes of at least 4 members (excludes halogenated alkanes) is 3. The lowest BCUT2D eigenvalue weighted by atomic mass is 10.0. The van der Waals surface area contributed by atoms with Gasteiger partial charge in [0.2, 0.25) is 0 Å². The minimum Gasteiger partial charge on any atom is -0.488 e. The van der Waals surface area contributed by atoms with E-state index in [2.05, 4.69) is 31.0 Å². The minimum absolute atomic E-state index is 0.175. The lowest BCUT2D eigenvalue weighted by Crippen LogP contribution is -2.45. The second-order valence-corrected chi connectivity index (χ2v) is 9.63. The maximum atomic E-state index is 12.3. The normalized spacial score (nSPS) is 16.2. The number of hydrogen-bond donors (Lipinski definition) is 1. The molecule has 2 rings (SSSR count). The highest BCUT2D eigenvalue weighted by Gasteiger charge is 2.22. The average Bonchev–Trinajstić information content (AvgIpc) is 2.67. The first-order valence-corrected chi connectivity index (χ1v) is 11.8. The number of rotatable bonds is 12. The Balaban J connectivity index is 1.83. The molecule has 1 aliphatic heterocycles. The van der Waals surface area contributed by atoms with Gasteiger partial charge in [0.25, 0.3) is 10.1 Å². The molecule has 0 aliphatic carbocycles. The highest BCUT2D eigenvalue weighted by molar-refractivity contribution is 7.86. The lowest BCUT2D eigenvalue weighted by molar-refractivity contribution is 0.0808. The summed E-state index contributed by atoms with van der Waals surface area (Å²) in [6.45, 7) is 11.7. The van der Waals surface area contributed by atoms with E-state index < -0.39 is 10.1 Å². The highest BCUT2D eigenvalue weighted by atomic mass is 32.2. The molecule has 28 heavy (non-hydrogen) atoms. The van der Waals surface area contributed by atoms with E-state index >= 15 is 0 Å². The third kappa shape index (κ3) is 8.07. The standard InChI is InChI=1S/C21H36N2O4S/c1-4-5-6-7-18-26-28(24,25)20-10-8-19(9-11-20)27-21(2,3)12-15-23-16-13-22-14-17-23/h8-11,22H,4-7,12-18H2,1-3H3. The summed E-state index contributed by atoms with van der Waals surface area (Å²) in [6, 6.07) is 6.53. The number of piperazine rings is 1. The topological polar surface area (TPSA) is 67.9 Å². The summed E-state index contributed by atoms with van der Waals surface area (Å²) in [7, 11) is -3.70. The quantitative estimate of drug-likeness (QED) is 0.419. The van der Waals surface area contributed by atoms with Gasteiger partial charge in [-0.15, -0.1) is 0 Å². The predicted molar refractivity (Wildman–Crippen MR) is 112 cm³/mol. The van der Waals surface area contributed by atoms with Gasteiger partial charge in [0.1, 0.15) is 11.4 Å². The molecule has 7 heteroatoms. The maximum Gasteiger partial charge on any atom is 0.296 e. The van der Waals surface area contributed by atoms with Crippen molar-refractivity contribution in [3.63, 3.8) is 0 Å². The van der Waals surface area contributed by atoms with E-state index in [0.29, 0.717) is 5.75 Å². The fourth-order valence-electron chi connectivity index (χ4n) is 3.17. The number of nitrogens with zero attached hydrogens (tertiary/aromatic N) is 1. The molecule has 0 bridgehead atoms. The summed E-state index contributed by atoms with van der Waals surface area (Å²) in [5.74, 6) is 0.673. The summed E-state index contributed by atoms with van der Waals surface area (Å²) in [5.41, 5.74) is -0.318. The molecule has 6 nitrogen and oxygen atoms in total. The van der Waals surface area contributed by atoms with Crippen LogP contribution in [0.2, 0.25) is 0 Å². The molecule has 1 aliphatic rings. The zero-order chi connectivity index (χ0) is 20.5. The van der Waals surface area contributed by atoms with Crippen LogP contribution in [0.25, 0.3) is 0 Å². The Morgan fingerprint density at radius 3 is 2.39 bits per heavy atom. The van der Waals surface area contributed by atoms with Crippen LogP contribution in [0.5, 0.6) is 5.75 Å². The number of hydrogen-bond acceptors (Lipinski definition) is 6. The predicted octanol–water partition coefficient (Wildman–Crippen LogP) is 3.42. The van der Waals surface area contributed by atoms with Crippen LogP contribution >= 0.6 is 0 Å². The summed E-state index contributed by atoms with van der Waals surface area (Å²) < 4.78 is 35.8. The highest BCUT2D eigenvalue weighted by Crippen LogP contribution is 2.24. The van der Waals surface area contributed by atoms with Gasteiger partial charge in [-0.3, -0.25) is 4.18 Å². The fraction of sp³-hybridized carbons (Fsp3) is 0.714. The first-order valence-electron chi connectivity index (χ1n) is 10.4. The molecular formula is C21H36N2O4S. The first kappa shape index (κ1) is 23.1. The van der Waals surface area contributed by atoms with Crippen LogP contribution < -0.4 is 10.1 Å². The molecule has 0 unspecified atom stereocenters. The Morgan fingerprint density at radius 2 is 1.75 bits per heavy atom. The van der Waals surface area contributed by atoms with E-state index in [4.69, 9.17) is 8.92 Å². The maximum absolute atomic E-state index is 12.3. The molecule has 1 heterocycles. The van der Waals surface area contributed by atoms with E-state index in [1.807, 2.05) is 0 Å². The van der Waals surface area contributed by atoms with E-state index in [-0.39, 0.29) is 17.1 Å². The van der Waals surface area contributed by atoms with Gasteiger partial charge in [0.05, 0.1) is 11.5 Å². The zero-order valence-corrected chi connectivity index (χ0v) is 18.4. The molecule has 1 aromatic rings. The van der Waals surface area contributed by atoms with Crippen molar-refractivity contribution in [2.24, 2.45) is 0 Å². The van der Waals surface area contributed by atoms with Crippen LogP contribution in [0.15, 0.2) is 29.2 Å². The van der Waals surface area contributed by atoms with Gasteiger partial charge in [-0.1, -0.05) is 26.2 Å². The fourth-order valence-corrected chi connectivity index (χ4v) is 4.11. The van der Waals surface area contributed by atoms with E-state index in [9.17, 15) is 8.42 Å². The van der Waals surface area contributed by atoms with Crippen LogP contribution in [0.1, 0.15) is 52.9 Å². The molecule has 1 N–H and O–H groups in total. The molecular weight excluding hydrogens is 376 g/mol. The van der Waals surface area contributed by atoms with Crippen LogP contribution in [-0.4, -0.2) is 58.2 Å². The first-order chi connectivity index (χ1) is 13.3. The monoisotopic (exact) mass is 412 g/mol. The van der Waals surface area contributed by atoms with Crippen molar-refractivity contribution in [1.29, 1.82) is 0 Å². The van der Waals surface area contributed by atoms with Gasteiger partial charge >= 0.3 is 0 Å². The molecule has 0 aromatic heterocycles. The Hall–Kier alpha value is -1.15. The largest absolute Gasteiger partial charge is 0.488 e. The Morgan fingerprint density at radius 1 is 1.07 bits per heavy atom. The zero-order valence-electron chi connectivity index (χ0n) is 17.6. The second kappa shape index (κ2) is 11.1. The van der Waals surface area contributed by atoms with Gasteiger partial charge in [-0.05, 0) is 51.0 Å². The van der Waals surface area contributed by atoms with Crippen molar-refractivity contribution in [2.45, 2.75) is 63.4 Å². The minimum atomic E-state index is -3.70. The van der Waals surface area contributed by atoms with Crippen LogP contribution in [-0.2, 0) is 14.3 Å². The number of ether oxygens (including phenoxy) is 1. The number of benzene rings is 1. The molecule has 0 saturated carbocycles. The molecule has 160 valence electrons. The van der Waals surface area contributed by atoms with Gasteiger partial charge in [0, 0.05) is 32.7 Å². The van der Waals surface area contributed by atoms with Crippen molar-refractivity contribution >= 4 is 10.1 Å². The van der Waals surface area contributed by atoms with E-state index in [1.54, 1.807) is 24.3 Å². The smallest absolute Gasteiger partial charge is 0.296 e. The third-order valence-electron chi connectivity index (χ3n) is 4.98. The van der Waals surface area contributed by atoms with Gasteiger partial charge in [-0.25, -0.2) is 0 Å². The summed E-state index contributed by atoms with van der Waals surface area (Å²) in [6.07, 6.45) is 4.87. The summed E-state index contributed by atoms with van der Waals surface area (Å²) >= 11 is 0. The molecule has 1 saturated heterocycles. The van der Waals surface area contributed by atoms with Crippen molar-refractivity contribution in [1.82, 2.24) is 10.2 Å². The molecule has 1 aromatic carbocycles. The molecule has 0 spiro atoms. The molecule has 0 radical (unpaired) electrons. The second-order valence-electron chi connectivity index (χ2n) is 8.01. The van der Waals surface area contributed by atoms with Crippen molar-refractivity contribution < 1.29 is 17.3 Å². The third-order valence-corrected chi connectivity index (χ3v) is 6.31. The lowest BCUT2D eigenvalue weighted by Gasteiger charge is -2.32.